The minimum Gasteiger partial charge on any atom is -0.487 e. The summed E-state index contributed by atoms with van der Waals surface area (Å²) in [6.07, 6.45) is 6.34. The van der Waals surface area contributed by atoms with Gasteiger partial charge >= 0.3 is 0 Å². The summed E-state index contributed by atoms with van der Waals surface area (Å²) < 4.78 is 6.19. The van der Waals surface area contributed by atoms with Gasteiger partial charge in [0.15, 0.2) is 0 Å². The predicted molar refractivity (Wildman–Crippen MR) is 79.9 cm³/mol. The zero-order valence-corrected chi connectivity index (χ0v) is 12.3. The summed E-state index contributed by atoms with van der Waals surface area (Å²) in [7, 11) is 0. The average molecular weight is 275 g/mol. The Morgan fingerprint density at radius 1 is 1.20 bits per heavy atom. The molecule has 0 aliphatic heterocycles. The van der Waals surface area contributed by atoms with E-state index in [1.54, 1.807) is 0 Å². The van der Waals surface area contributed by atoms with Crippen LogP contribution >= 0.6 is 0 Å². The summed E-state index contributed by atoms with van der Waals surface area (Å²) in [5.74, 6) is 0.978. The Morgan fingerprint density at radius 3 is 2.75 bits per heavy atom. The van der Waals surface area contributed by atoms with Gasteiger partial charge in [-0.2, -0.15) is 0 Å². The number of para-hydroxylation sites is 1. The van der Waals surface area contributed by atoms with E-state index in [2.05, 4.69) is 30.4 Å². The summed E-state index contributed by atoms with van der Waals surface area (Å²) in [4.78, 5) is 0. The summed E-state index contributed by atoms with van der Waals surface area (Å²) in [6, 6.07) is 7.00. The number of hydrogen-bond acceptors (Lipinski definition) is 3. The predicted octanol–water partition coefficient (Wildman–Crippen LogP) is 2.93. The lowest BCUT2D eigenvalue weighted by atomic mass is 9.94. The molecule has 2 saturated carbocycles. The third-order valence-corrected chi connectivity index (χ3v) is 4.39. The van der Waals surface area contributed by atoms with Gasteiger partial charge in [0.2, 0.25) is 0 Å². The van der Waals surface area contributed by atoms with E-state index in [1.807, 2.05) is 0 Å². The van der Waals surface area contributed by atoms with Crippen molar-refractivity contribution in [3.8, 4) is 5.75 Å². The van der Waals surface area contributed by atoms with Gasteiger partial charge in [-0.15, -0.1) is 0 Å². The largest absolute Gasteiger partial charge is 0.487 e. The fraction of sp³-hybridized carbons (Fsp3) is 0.647. The fourth-order valence-corrected chi connectivity index (χ4v) is 2.93. The second-order valence-electron chi connectivity index (χ2n) is 6.23. The number of nitrogens with one attached hydrogen (secondary N) is 1. The Balaban J connectivity index is 1.72. The number of ether oxygens (including phenoxy) is 1. The van der Waals surface area contributed by atoms with Crippen molar-refractivity contribution in [1.29, 1.82) is 0 Å². The van der Waals surface area contributed by atoms with E-state index in [1.165, 1.54) is 18.4 Å². The highest BCUT2D eigenvalue weighted by atomic mass is 16.5. The van der Waals surface area contributed by atoms with E-state index < -0.39 is 0 Å². The lowest BCUT2D eigenvalue weighted by Gasteiger charge is -2.29. The highest BCUT2D eigenvalue weighted by Crippen LogP contribution is 2.30. The highest BCUT2D eigenvalue weighted by Gasteiger charge is 2.26. The Labute approximate surface area is 121 Å². The minimum atomic E-state index is -0.312. The number of rotatable bonds is 5. The van der Waals surface area contributed by atoms with Gasteiger partial charge in [-0.05, 0) is 44.6 Å². The molecule has 0 amide bonds. The van der Waals surface area contributed by atoms with Gasteiger partial charge in [0, 0.05) is 18.2 Å². The van der Waals surface area contributed by atoms with Crippen molar-refractivity contribution < 1.29 is 9.84 Å². The van der Waals surface area contributed by atoms with Crippen molar-refractivity contribution in [2.24, 2.45) is 0 Å². The molecule has 0 bridgehead atoms. The second-order valence-corrected chi connectivity index (χ2v) is 6.23. The van der Waals surface area contributed by atoms with Crippen molar-refractivity contribution in [1.82, 2.24) is 5.32 Å². The normalized spacial score (nSPS) is 26.5. The Hall–Kier alpha value is -1.06. The zero-order valence-electron chi connectivity index (χ0n) is 12.3. The first-order valence-corrected chi connectivity index (χ1v) is 7.90. The lowest BCUT2D eigenvalue weighted by molar-refractivity contribution is 0.00602. The van der Waals surface area contributed by atoms with Crippen LogP contribution in [-0.4, -0.2) is 23.4 Å². The van der Waals surface area contributed by atoms with Crippen molar-refractivity contribution in [3.05, 3.63) is 29.3 Å². The van der Waals surface area contributed by atoms with Crippen LogP contribution in [0.25, 0.3) is 0 Å². The molecule has 0 radical (unpaired) electrons. The highest BCUT2D eigenvalue weighted by molar-refractivity contribution is 5.41. The molecule has 0 aromatic heterocycles. The lowest BCUT2D eigenvalue weighted by Crippen LogP contribution is -2.35. The molecule has 0 saturated heterocycles. The molecule has 2 aliphatic carbocycles. The molecule has 0 spiro atoms. The number of aryl methyl sites for hydroxylation is 1. The molecular weight excluding hydrogens is 250 g/mol. The monoisotopic (exact) mass is 275 g/mol. The third kappa shape index (κ3) is 3.33. The Bertz CT molecular complexity index is 456. The van der Waals surface area contributed by atoms with Gasteiger partial charge in [-0.3, -0.25) is 0 Å². The molecule has 20 heavy (non-hydrogen) atoms. The number of benzene rings is 1. The van der Waals surface area contributed by atoms with E-state index in [0.29, 0.717) is 6.04 Å². The maximum Gasteiger partial charge on any atom is 0.127 e. The van der Waals surface area contributed by atoms with Gasteiger partial charge in [0.05, 0.1) is 6.10 Å². The van der Waals surface area contributed by atoms with Crippen LogP contribution in [0.2, 0.25) is 0 Å². The van der Waals surface area contributed by atoms with E-state index in [4.69, 9.17) is 4.74 Å². The third-order valence-electron chi connectivity index (χ3n) is 4.39. The van der Waals surface area contributed by atoms with E-state index in [-0.39, 0.29) is 12.2 Å². The van der Waals surface area contributed by atoms with Crippen molar-refractivity contribution in [3.63, 3.8) is 0 Å². The molecular formula is C17H25NO2. The van der Waals surface area contributed by atoms with Gasteiger partial charge in [0.1, 0.15) is 11.9 Å². The van der Waals surface area contributed by atoms with E-state index in [9.17, 15) is 5.11 Å². The second kappa shape index (κ2) is 6.15. The average Bonchev–Trinajstić information content (AvgIpc) is 3.26. The van der Waals surface area contributed by atoms with Crippen LogP contribution in [-0.2, 0) is 6.54 Å². The van der Waals surface area contributed by atoms with Gasteiger partial charge in [-0.1, -0.05) is 24.6 Å². The van der Waals surface area contributed by atoms with Crippen LogP contribution in [0.1, 0.15) is 49.7 Å². The molecule has 3 heteroatoms. The van der Waals surface area contributed by atoms with Crippen LogP contribution in [0.4, 0.5) is 0 Å². The van der Waals surface area contributed by atoms with Crippen LogP contribution < -0.4 is 10.1 Å². The maximum absolute atomic E-state index is 10.1. The summed E-state index contributed by atoms with van der Waals surface area (Å²) in [5, 5.41) is 13.6. The first-order chi connectivity index (χ1) is 9.74. The number of hydrogen-bond donors (Lipinski definition) is 2. The van der Waals surface area contributed by atoms with Gasteiger partial charge in [0.25, 0.3) is 0 Å². The molecule has 2 fully saturated rings. The number of aliphatic hydroxyl groups excluding tert-OH is 1. The van der Waals surface area contributed by atoms with Crippen LogP contribution in [0, 0.1) is 6.92 Å². The molecule has 3 rings (SSSR count). The van der Waals surface area contributed by atoms with Gasteiger partial charge in [-0.25, -0.2) is 0 Å². The summed E-state index contributed by atoms with van der Waals surface area (Å²) in [5.41, 5.74) is 2.38. The van der Waals surface area contributed by atoms with Crippen molar-refractivity contribution in [2.45, 2.75) is 70.2 Å². The van der Waals surface area contributed by atoms with Gasteiger partial charge < -0.3 is 15.2 Å². The van der Waals surface area contributed by atoms with Crippen molar-refractivity contribution in [2.75, 3.05) is 0 Å². The quantitative estimate of drug-likeness (QED) is 0.868. The van der Waals surface area contributed by atoms with Crippen LogP contribution in [0.3, 0.4) is 0 Å². The molecule has 2 N–H and O–H groups in total. The molecule has 2 atom stereocenters. The maximum atomic E-state index is 10.1. The first-order valence-electron chi connectivity index (χ1n) is 7.90. The standard InChI is InChI=1S/C17H25NO2/c1-12-5-4-6-13(11-18-14-9-10-14)17(12)20-16-8-3-2-7-15(16)19/h4-6,14-16,18-19H,2-3,7-11H2,1H3. The van der Waals surface area contributed by atoms with Crippen molar-refractivity contribution >= 4 is 0 Å². The smallest absolute Gasteiger partial charge is 0.127 e. The van der Waals surface area contributed by atoms with Crippen LogP contribution in [0.5, 0.6) is 5.75 Å². The summed E-state index contributed by atoms with van der Waals surface area (Å²) in [6.45, 7) is 2.95. The molecule has 1 aromatic rings. The molecule has 0 heterocycles. The van der Waals surface area contributed by atoms with E-state index >= 15 is 0 Å². The minimum absolute atomic E-state index is 0.0375. The molecule has 2 aliphatic rings. The number of aliphatic hydroxyl groups is 1. The zero-order chi connectivity index (χ0) is 13.9. The molecule has 2 unspecified atom stereocenters. The SMILES string of the molecule is Cc1cccc(CNC2CC2)c1OC1CCCCC1O. The molecule has 3 nitrogen and oxygen atoms in total. The van der Waals surface area contributed by atoms with Crippen LogP contribution in [0.15, 0.2) is 18.2 Å². The molecule has 1 aromatic carbocycles. The fourth-order valence-electron chi connectivity index (χ4n) is 2.93. The van der Waals surface area contributed by atoms with E-state index in [0.717, 1.165) is 43.5 Å². The Kier molecular flexibility index (Phi) is 4.27. The molecule has 110 valence electrons. The topological polar surface area (TPSA) is 41.5 Å². The first kappa shape index (κ1) is 13.9. The Morgan fingerprint density at radius 2 is 2.00 bits per heavy atom. The summed E-state index contributed by atoms with van der Waals surface area (Å²) >= 11 is 0.